The Kier molecular flexibility index (Phi) is 3.47. The second-order valence-electron chi connectivity index (χ2n) is 3.89. The van der Waals surface area contributed by atoms with E-state index in [1.807, 2.05) is 0 Å². The lowest BCUT2D eigenvalue weighted by Crippen LogP contribution is -2.39. The third-order valence-electron chi connectivity index (χ3n) is 1.37. The van der Waals surface area contributed by atoms with Gasteiger partial charge in [-0.05, 0) is 27.7 Å². The first-order chi connectivity index (χ1) is 5.17. The van der Waals surface area contributed by atoms with E-state index in [1.54, 1.807) is 27.7 Å². The summed E-state index contributed by atoms with van der Waals surface area (Å²) in [6.07, 6.45) is 0. The van der Waals surface area contributed by atoms with Gasteiger partial charge >= 0.3 is 0 Å². The van der Waals surface area contributed by atoms with Gasteiger partial charge in [-0.3, -0.25) is 0 Å². The van der Waals surface area contributed by atoms with E-state index in [1.165, 1.54) is 0 Å². The number of hydrogen-bond acceptors (Lipinski definition) is 2. The molecular weight excluding hydrogens is 174 g/mol. The predicted molar refractivity (Wildman–Crippen MR) is 51.5 cm³/mol. The lowest BCUT2D eigenvalue weighted by molar-refractivity contribution is 0.548. The van der Waals surface area contributed by atoms with Crippen molar-refractivity contribution < 1.29 is 8.42 Å². The van der Waals surface area contributed by atoms with Crippen LogP contribution < -0.4 is 4.72 Å². The first-order valence-corrected chi connectivity index (χ1v) is 5.29. The van der Waals surface area contributed by atoms with Gasteiger partial charge in [-0.2, -0.15) is 0 Å². The molecule has 0 heterocycles. The van der Waals surface area contributed by atoms with Gasteiger partial charge in [0.25, 0.3) is 0 Å². The summed E-state index contributed by atoms with van der Waals surface area (Å²) in [6, 6.07) is 0. The number of nitrogens with one attached hydrogen (secondary N) is 1. The summed E-state index contributed by atoms with van der Waals surface area (Å²) in [4.78, 5) is 0. The van der Waals surface area contributed by atoms with Crippen molar-refractivity contribution in [3.8, 4) is 0 Å². The van der Waals surface area contributed by atoms with Crippen LogP contribution in [0.4, 0.5) is 0 Å². The van der Waals surface area contributed by atoms with E-state index >= 15 is 0 Å². The second-order valence-corrected chi connectivity index (χ2v) is 6.41. The molecule has 0 radical (unpaired) electrons. The summed E-state index contributed by atoms with van der Waals surface area (Å²) in [5.41, 5.74) is 0.808. The Hall–Kier alpha value is -0.350. The van der Waals surface area contributed by atoms with Crippen LogP contribution in [0, 0.1) is 0 Å². The number of rotatable bonds is 3. The molecular formula is C8H17NO2S. The molecule has 0 rings (SSSR count). The normalized spacial score (nSPS) is 13.0. The topological polar surface area (TPSA) is 46.2 Å². The van der Waals surface area contributed by atoms with E-state index in [0.717, 1.165) is 5.57 Å². The largest absolute Gasteiger partial charge is 0.216 e. The standard InChI is InChI=1S/C8H17NO2S/c1-7(2)6-9-12(10,11)8(3,4)5/h9H,1,6H2,2-5H3. The van der Waals surface area contributed by atoms with Crippen LogP contribution in [-0.2, 0) is 10.0 Å². The molecule has 72 valence electrons. The Balaban J connectivity index is 4.37. The highest BCUT2D eigenvalue weighted by molar-refractivity contribution is 7.90. The SMILES string of the molecule is C=C(C)CNS(=O)(=O)C(C)(C)C. The van der Waals surface area contributed by atoms with Gasteiger partial charge in [0.05, 0.1) is 4.75 Å². The molecule has 0 aromatic carbocycles. The van der Waals surface area contributed by atoms with E-state index in [-0.39, 0.29) is 0 Å². The zero-order valence-electron chi connectivity index (χ0n) is 8.14. The van der Waals surface area contributed by atoms with E-state index in [0.29, 0.717) is 6.54 Å². The molecule has 0 aliphatic heterocycles. The van der Waals surface area contributed by atoms with Gasteiger partial charge in [-0.1, -0.05) is 12.2 Å². The molecule has 0 aromatic rings. The van der Waals surface area contributed by atoms with Crippen molar-refractivity contribution in [2.45, 2.75) is 32.4 Å². The number of sulfonamides is 1. The van der Waals surface area contributed by atoms with Crippen molar-refractivity contribution in [3.05, 3.63) is 12.2 Å². The van der Waals surface area contributed by atoms with Gasteiger partial charge in [0.2, 0.25) is 10.0 Å². The summed E-state index contributed by atoms with van der Waals surface area (Å²) in [5.74, 6) is 0. The Morgan fingerprint density at radius 3 is 2.08 bits per heavy atom. The fraction of sp³-hybridized carbons (Fsp3) is 0.750. The van der Waals surface area contributed by atoms with Gasteiger partial charge < -0.3 is 0 Å². The van der Waals surface area contributed by atoms with Crippen molar-refractivity contribution in [2.75, 3.05) is 6.54 Å². The highest BCUT2D eigenvalue weighted by Gasteiger charge is 2.27. The zero-order chi connectivity index (χ0) is 9.99. The average Bonchev–Trinajstić information content (AvgIpc) is 1.81. The Morgan fingerprint density at radius 1 is 1.42 bits per heavy atom. The smallest absolute Gasteiger partial charge is 0.212 e. The molecule has 1 N–H and O–H groups in total. The average molecular weight is 191 g/mol. The third kappa shape index (κ3) is 3.36. The van der Waals surface area contributed by atoms with Crippen molar-refractivity contribution in [1.82, 2.24) is 4.72 Å². The van der Waals surface area contributed by atoms with Crippen LogP contribution in [-0.4, -0.2) is 19.7 Å². The molecule has 0 aliphatic carbocycles. The Morgan fingerprint density at radius 2 is 1.83 bits per heavy atom. The van der Waals surface area contributed by atoms with E-state index in [9.17, 15) is 8.42 Å². The fourth-order valence-corrected chi connectivity index (χ4v) is 1.30. The summed E-state index contributed by atoms with van der Waals surface area (Å²) < 4.78 is 24.5. The summed E-state index contributed by atoms with van der Waals surface area (Å²) in [7, 11) is -3.20. The Labute approximate surface area is 74.9 Å². The van der Waals surface area contributed by atoms with Crippen LogP contribution in [0.5, 0.6) is 0 Å². The van der Waals surface area contributed by atoms with Crippen LogP contribution in [0.25, 0.3) is 0 Å². The molecule has 0 amide bonds. The molecule has 0 spiro atoms. The lowest BCUT2D eigenvalue weighted by Gasteiger charge is -2.19. The molecule has 0 saturated heterocycles. The third-order valence-corrected chi connectivity index (χ3v) is 3.51. The molecule has 4 heteroatoms. The molecule has 0 atom stereocenters. The van der Waals surface area contributed by atoms with Gasteiger partial charge in [0.1, 0.15) is 0 Å². The minimum atomic E-state index is -3.20. The van der Waals surface area contributed by atoms with Crippen molar-refractivity contribution >= 4 is 10.0 Å². The maximum atomic E-state index is 11.4. The maximum absolute atomic E-state index is 11.4. The van der Waals surface area contributed by atoms with E-state index in [4.69, 9.17) is 0 Å². The van der Waals surface area contributed by atoms with Crippen LogP contribution in [0.2, 0.25) is 0 Å². The molecule has 0 aliphatic rings. The van der Waals surface area contributed by atoms with Crippen LogP contribution in [0.3, 0.4) is 0 Å². The van der Waals surface area contributed by atoms with Crippen molar-refractivity contribution in [2.24, 2.45) is 0 Å². The summed E-state index contributed by atoms with van der Waals surface area (Å²) >= 11 is 0. The van der Waals surface area contributed by atoms with Gasteiger partial charge in [0.15, 0.2) is 0 Å². The molecule has 0 aromatic heterocycles. The molecule has 0 fully saturated rings. The van der Waals surface area contributed by atoms with Crippen LogP contribution in [0.1, 0.15) is 27.7 Å². The summed E-state index contributed by atoms with van der Waals surface area (Å²) in [5, 5.41) is 0. The van der Waals surface area contributed by atoms with Crippen LogP contribution >= 0.6 is 0 Å². The molecule has 12 heavy (non-hydrogen) atoms. The zero-order valence-corrected chi connectivity index (χ0v) is 8.96. The minimum Gasteiger partial charge on any atom is -0.212 e. The summed E-state index contributed by atoms with van der Waals surface area (Å²) in [6.45, 7) is 10.7. The quantitative estimate of drug-likeness (QED) is 0.683. The molecule has 0 unspecified atom stereocenters. The number of hydrogen-bond donors (Lipinski definition) is 1. The van der Waals surface area contributed by atoms with Gasteiger partial charge in [-0.15, -0.1) is 0 Å². The highest BCUT2D eigenvalue weighted by atomic mass is 32.2. The highest BCUT2D eigenvalue weighted by Crippen LogP contribution is 2.12. The molecule has 0 saturated carbocycles. The fourth-order valence-electron chi connectivity index (χ4n) is 0.435. The van der Waals surface area contributed by atoms with Crippen molar-refractivity contribution in [3.63, 3.8) is 0 Å². The second kappa shape index (κ2) is 3.58. The minimum absolute atomic E-state index is 0.319. The molecule has 0 bridgehead atoms. The monoisotopic (exact) mass is 191 g/mol. The van der Waals surface area contributed by atoms with Crippen molar-refractivity contribution in [1.29, 1.82) is 0 Å². The van der Waals surface area contributed by atoms with Gasteiger partial charge in [-0.25, -0.2) is 13.1 Å². The maximum Gasteiger partial charge on any atom is 0.216 e. The lowest BCUT2D eigenvalue weighted by atomic mass is 10.3. The van der Waals surface area contributed by atoms with E-state index in [2.05, 4.69) is 11.3 Å². The molecule has 3 nitrogen and oxygen atoms in total. The first kappa shape index (κ1) is 11.6. The predicted octanol–water partition coefficient (Wildman–Crippen LogP) is 1.28. The van der Waals surface area contributed by atoms with Gasteiger partial charge in [0, 0.05) is 6.54 Å². The Bertz CT molecular complexity index is 259. The van der Waals surface area contributed by atoms with Crippen LogP contribution in [0.15, 0.2) is 12.2 Å². The first-order valence-electron chi connectivity index (χ1n) is 3.80. The van der Waals surface area contributed by atoms with E-state index < -0.39 is 14.8 Å².